The summed E-state index contributed by atoms with van der Waals surface area (Å²) in [6.45, 7) is 5.58. The molecule has 2 N–H and O–H groups in total. The van der Waals surface area contributed by atoms with Gasteiger partial charge in [0.1, 0.15) is 5.82 Å². The first-order valence-corrected chi connectivity index (χ1v) is 12.3. The summed E-state index contributed by atoms with van der Waals surface area (Å²) < 4.78 is 82.6. The molecule has 1 aromatic heterocycles. The third kappa shape index (κ3) is 6.37. The van der Waals surface area contributed by atoms with Crippen molar-refractivity contribution in [1.29, 1.82) is 0 Å². The summed E-state index contributed by atoms with van der Waals surface area (Å²) in [6, 6.07) is 5.86. The molecule has 0 spiro atoms. The third-order valence-corrected chi connectivity index (χ3v) is 6.66. The van der Waals surface area contributed by atoms with Crippen LogP contribution in [0.25, 0.3) is 11.0 Å². The van der Waals surface area contributed by atoms with Crippen LogP contribution in [0.2, 0.25) is 0 Å². The highest BCUT2D eigenvalue weighted by Crippen LogP contribution is 2.39. The molecule has 40 heavy (non-hydrogen) atoms. The number of carboxylic acid groups (broad SMARTS) is 1. The number of halogens is 6. The van der Waals surface area contributed by atoms with Gasteiger partial charge in [0, 0.05) is 24.6 Å². The molecule has 4 rings (SSSR count). The number of fused-ring (bicyclic) bond motifs is 1. The van der Waals surface area contributed by atoms with Crippen molar-refractivity contribution in [2.45, 2.75) is 44.6 Å². The summed E-state index contributed by atoms with van der Waals surface area (Å²) in [5.41, 5.74) is -1.49. The summed E-state index contributed by atoms with van der Waals surface area (Å²) in [5.74, 6) is -1.49. The standard InChI is InChI=1S/C28H25F6N3O3/c1-15-3-4-16(2)21(9-15)25-36-22-12-18(26(40)35-8-7-24(38)39)5-6-23(22)37(25)14-17-10-19(27(29,30)31)13-20(11-17)28(32,33)34/h3-6,10-13,15,21H,2,7-9,14H2,1H3,(H,35,40)(H,38,39). The van der Waals surface area contributed by atoms with Gasteiger partial charge < -0.3 is 15.0 Å². The lowest BCUT2D eigenvalue weighted by atomic mass is 9.84. The maximum absolute atomic E-state index is 13.5. The predicted octanol–water partition coefficient (Wildman–Crippen LogP) is 6.56. The summed E-state index contributed by atoms with van der Waals surface area (Å²) in [7, 11) is 0. The molecule has 0 radical (unpaired) electrons. The van der Waals surface area contributed by atoms with E-state index in [-0.39, 0.29) is 48.5 Å². The van der Waals surface area contributed by atoms with E-state index in [0.717, 1.165) is 0 Å². The van der Waals surface area contributed by atoms with Gasteiger partial charge in [0.05, 0.1) is 28.6 Å². The Labute approximate surface area is 225 Å². The monoisotopic (exact) mass is 565 g/mol. The molecule has 2 aromatic carbocycles. The molecule has 3 aromatic rings. The number of carbonyl (C=O) groups excluding carboxylic acids is 1. The maximum Gasteiger partial charge on any atom is 0.416 e. The molecular weight excluding hydrogens is 540 g/mol. The van der Waals surface area contributed by atoms with Crippen molar-refractivity contribution in [2.75, 3.05) is 6.54 Å². The predicted molar refractivity (Wildman–Crippen MR) is 135 cm³/mol. The highest BCUT2D eigenvalue weighted by atomic mass is 19.4. The van der Waals surface area contributed by atoms with Crippen molar-refractivity contribution in [2.24, 2.45) is 5.92 Å². The molecular formula is C28H25F6N3O3. The van der Waals surface area contributed by atoms with E-state index in [9.17, 15) is 35.9 Å². The van der Waals surface area contributed by atoms with Crippen LogP contribution in [0.1, 0.15) is 58.6 Å². The fourth-order valence-corrected chi connectivity index (χ4v) is 4.68. The molecule has 12 heteroatoms. The average molecular weight is 566 g/mol. The molecule has 6 nitrogen and oxygen atoms in total. The van der Waals surface area contributed by atoms with Crippen LogP contribution in [-0.4, -0.2) is 33.1 Å². The number of amides is 1. The van der Waals surface area contributed by atoms with E-state index in [0.29, 0.717) is 41.0 Å². The van der Waals surface area contributed by atoms with Crippen molar-refractivity contribution in [3.63, 3.8) is 0 Å². The van der Waals surface area contributed by atoms with Crippen LogP contribution in [0.5, 0.6) is 0 Å². The minimum Gasteiger partial charge on any atom is -0.481 e. The number of aromatic nitrogens is 2. The smallest absolute Gasteiger partial charge is 0.416 e. The zero-order valence-corrected chi connectivity index (χ0v) is 21.2. The van der Waals surface area contributed by atoms with Gasteiger partial charge in [0.25, 0.3) is 5.91 Å². The fourth-order valence-electron chi connectivity index (χ4n) is 4.68. The number of imidazole rings is 1. The molecule has 0 fully saturated rings. The van der Waals surface area contributed by atoms with Crippen molar-refractivity contribution < 1.29 is 41.0 Å². The van der Waals surface area contributed by atoms with Gasteiger partial charge >= 0.3 is 18.3 Å². The molecule has 1 heterocycles. The second kappa shape index (κ2) is 10.8. The fraction of sp³-hybridized carbons (Fsp3) is 0.321. The number of aliphatic carboxylic acids is 1. The minimum atomic E-state index is -4.99. The van der Waals surface area contributed by atoms with Crippen LogP contribution >= 0.6 is 0 Å². The zero-order chi connectivity index (χ0) is 29.4. The molecule has 0 saturated heterocycles. The summed E-state index contributed by atoms with van der Waals surface area (Å²) >= 11 is 0. The highest BCUT2D eigenvalue weighted by Gasteiger charge is 2.37. The molecule has 1 amide bonds. The summed E-state index contributed by atoms with van der Waals surface area (Å²) in [5, 5.41) is 11.3. The topological polar surface area (TPSA) is 84.2 Å². The first-order chi connectivity index (χ1) is 18.6. The third-order valence-electron chi connectivity index (χ3n) is 6.66. The Morgan fingerprint density at radius 2 is 1.73 bits per heavy atom. The number of hydrogen-bond acceptors (Lipinski definition) is 3. The Morgan fingerprint density at radius 3 is 2.33 bits per heavy atom. The van der Waals surface area contributed by atoms with Crippen LogP contribution in [0.4, 0.5) is 26.3 Å². The number of carboxylic acids is 1. The Balaban J connectivity index is 1.82. The van der Waals surface area contributed by atoms with Crippen molar-refractivity contribution in [3.05, 3.63) is 88.8 Å². The summed E-state index contributed by atoms with van der Waals surface area (Å²) in [6.07, 6.45) is -5.92. The Bertz CT molecular complexity index is 1470. The quantitative estimate of drug-likeness (QED) is 0.318. The maximum atomic E-state index is 13.5. The van der Waals surface area contributed by atoms with Gasteiger partial charge in [-0.05, 0) is 59.9 Å². The average Bonchev–Trinajstić information content (AvgIpc) is 3.21. The number of carbonyl (C=O) groups is 2. The molecule has 212 valence electrons. The molecule has 2 unspecified atom stereocenters. The number of alkyl halides is 6. The second-order valence-corrected chi connectivity index (χ2v) is 9.77. The van der Waals surface area contributed by atoms with Gasteiger partial charge in [-0.15, -0.1) is 0 Å². The number of allylic oxidation sites excluding steroid dienone is 3. The van der Waals surface area contributed by atoms with E-state index in [2.05, 4.69) is 16.9 Å². The SMILES string of the molecule is C=C1C=CC(C)CC1c1nc2cc(C(=O)NCCC(=O)O)ccc2n1Cc1cc(C(F)(F)F)cc(C(F)(F)F)c1. The lowest BCUT2D eigenvalue weighted by molar-refractivity contribution is -0.143. The number of nitrogens with zero attached hydrogens (tertiary/aromatic N) is 2. The van der Waals surface area contributed by atoms with E-state index in [4.69, 9.17) is 5.11 Å². The number of rotatable bonds is 7. The van der Waals surface area contributed by atoms with Gasteiger partial charge in [0.15, 0.2) is 0 Å². The lowest BCUT2D eigenvalue weighted by Crippen LogP contribution is -2.25. The molecule has 1 aliphatic carbocycles. The van der Waals surface area contributed by atoms with Crippen LogP contribution < -0.4 is 5.32 Å². The number of nitrogens with one attached hydrogen (secondary N) is 1. The van der Waals surface area contributed by atoms with Gasteiger partial charge in [-0.3, -0.25) is 9.59 Å². The van der Waals surface area contributed by atoms with E-state index >= 15 is 0 Å². The highest BCUT2D eigenvalue weighted by molar-refractivity contribution is 5.97. The van der Waals surface area contributed by atoms with Gasteiger partial charge in [-0.2, -0.15) is 26.3 Å². The Hall–Kier alpha value is -4.09. The van der Waals surface area contributed by atoms with Gasteiger partial charge in [0.2, 0.25) is 0 Å². The van der Waals surface area contributed by atoms with Crippen molar-refractivity contribution >= 4 is 22.9 Å². The Morgan fingerprint density at radius 1 is 1.07 bits per heavy atom. The lowest BCUT2D eigenvalue weighted by Gasteiger charge is -2.25. The number of hydrogen-bond donors (Lipinski definition) is 2. The van der Waals surface area contributed by atoms with Crippen LogP contribution in [0, 0.1) is 5.92 Å². The largest absolute Gasteiger partial charge is 0.481 e. The first kappa shape index (κ1) is 28.9. The zero-order valence-electron chi connectivity index (χ0n) is 21.2. The second-order valence-electron chi connectivity index (χ2n) is 9.77. The molecule has 1 aliphatic rings. The molecule has 2 atom stereocenters. The van der Waals surface area contributed by atoms with E-state index in [1.54, 1.807) is 4.57 Å². The minimum absolute atomic E-state index is 0.0845. The molecule has 0 aliphatic heterocycles. The van der Waals surface area contributed by atoms with Crippen LogP contribution in [0.3, 0.4) is 0 Å². The number of benzene rings is 2. The summed E-state index contributed by atoms with van der Waals surface area (Å²) in [4.78, 5) is 27.9. The normalized spacial score (nSPS) is 17.8. The van der Waals surface area contributed by atoms with Crippen LogP contribution in [-0.2, 0) is 23.7 Å². The van der Waals surface area contributed by atoms with E-state index in [1.807, 2.05) is 19.1 Å². The van der Waals surface area contributed by atoms with Crippen LogP contribution in [0.15, 0.2) is 60.7 Å². The van der Waals surface area contributed by atoms with Gasteiger partial charge in [-0.25, -0.2) is 4.98 Å². The molecule has 0 bridgehead atoms. The van der Waals surface area contributed by atoms with Gasteiger partial charge in [-0.1, -0.05) is 25.7 Å². The van der Waals surface area contributed by atoms with E-state index in [1.165, 1.54) is 18.2 Å². The van der Waals surface area contributed by atoms with Crippen molar-refractivity contribution in [3.8, 4) is 0 Å². The molecule has 0 saturated carbocycles. The van der Waals surface area contributed by atoms with Crippen molar-refractivity contribution in [1.82, 2.24) is 14.9 Å². The Kier molecular flexibility index (Phi) is 7.82. The van der Waals surface area contributed by atoms with E-state index < -0.39 is 35.4 Å². The first-order valence-electron chi connectivity index (χ1n) is 12.3.